The Labute approximate surface area is 86.4 Å². The van der Waals surface area contributed by atoms with Gasteiger partial charge in [-0.15, -0.1) is 0 Å². The quantitative estimate of drug-likeness (QED) is 0.640. The van der Waals surface area contributed by atoms with Crippen molar-refractivity contribution < 1.29 is 9.53 Å². The zero-order valence-electron chi connectivity index (χ0n) is 9.45. The Bertz CT molecular complexity index is 196. The molecular formula is C11H21NO2. The van der Waals surface area contributed by atoms with E-state index < -0.39 is 0 Å². The van der Waals surface area contributed by atoms with E-state index in [9.17, 15) is 4.79 Å². The molecule has 1 aliphatic rings. The maximum Gasteiger partial charge on any atom is 0.122 e. The minimum absolute atomic E-state index is 0.267. The first kappa shape index (κ1) is 11.7. The summed E-state index contributed by atoms with van der Waals surface area (Å²) >= 11 is 0. The maximum atomic E-state index is 10.6. The topological polar surface area (TPSA) is 29.5 Å². The first-order valence-electron chi connectivity index (χ1n) is 5.29. The summed E-state index contributed by atoms with van der Waals surface area (Å²) in [6.45, 7) is 4.25. The van der Waals surface area contributed by atoms with E-state index in [-0.39, 0.29) is 5.60 Å². The van der Waals surface area contributed by atoms with Crippen LogP contribution in [0.4, 0.5) is 0 Å². The highest BCUT2D eigenvalue weighted by Crippen LogP contribution is 2.31. The van der Waals surface area contributed by atoms with Crippen LogP contribution in [0.5, 0.6) is 0 Å². The second-order valence-electron chi connectivity index (χ2n) is 4.49. The molecule has 1 aliphatic heterocycles. The van der Waals surface area contributed by atoms with Crippen molar-refractivity contribution in [1.29, 1.82) is 0 Å². The molecule has 0 saturated carbocycles. The van der Waals surface area contributed by atoms with Crippen LogP contribution in [0, 0.1) is 5.92 Å². The molecule has 3 nitrogen and oxygen atoms in total. The summed E-state index contributed by atoms with van der Waals surface area (Å²) in [6, 6.07) is 0. The molecule has 1 saturated heterocycles. The van der Waals surface area contributed by atoms with Crippen molar-refractivity contribution in [2.45, 2.75) is 31.8 Å². The summed E-state index contributed by atoms with van der Waals surface area (Å²) in [5, 5.41) is 0. The number of aldehydes is 1. The normalized spacial score (nSPS) is 28.4. The molecule has 2 unspecified atom stereocenters. The third-order valence-corrected chi connectivity index (χ3v) is 3.44. The van der Waals surface area contributed by atoms with Crippen LogP contribution in [-0.4, -0.2) is 44.0 Å². The SMILES string of the molecule is COC(C)(CC=O)C1CCCN(C)C1. The van der Waals surface area contributed by atoms with Crippen molar-refractivity contribution in [2.75, 3.05) is 27.2 Å². The van der Waals surface area contributed by atoms with Gasteiger partial charge in [0.15, 0.2) is 0 Å². The molecule has 14 heavy (non-hydrogen) atoms. The summed E-state index contributed by atoms with van der Waals surface area (Å²) in [5.74, 6) is 0.483. The van der Waals surface area contributed by atoms with E-state index in [0.29, 0.717) is 12.3 Å². The van der Waals surface area contributed by atoms with Gasteiger partial charge in [-0.1, -0.05) is 0 Å². The number of hydrogen-bond donors (Lipinski definition) is 0. The second kappa shape index (κ2) is 4.89. The molecule has 1 fully saturated rings. The van der Waals surface area contributed by atoms with Crippen LogP contribution >= 0.6 is 0 Å². The minimum Gasteiger partial charge on any atom is -0.378 e. The van der Waals surface area contributed by atoms with Crippen LogP contribution in [0.2, 0.25) is 0 Å². The molecule has 0 radical (unpaired) electrons. The Morgan fingerprint density at radius 1 is 1.64 bits per heavy atom. The van der Waals surface area contributed by atoms with Crippen molar-refractivity contribution in [3.8, 4) is 0 Å². The van der Waals surface area contributed by atoms with E-state index in [1.54, 1.807) is 7.11 Å². The van der Waals surface area contributed by atoms with Gasteiger partial charge in [0.25, 0.3) is 0 Å². The third-order valence-electron chi connectivity index (χ3n) is 3.44. The molecule has 2 atom stereocenters. The van der Waals surface area contributed by atoms with Gasteiger partial charge in [0.1, 0.15) is 6.29 Å². The van der Waals surface area contributed by atoms with E-state index in [2.05, 4.69) is 11.9 Å². The number of ether oxygens (including phenoxy) is 1. The van der Waals surface area contributed by atoms with E-state index >= 15 is 0 Å². The van der Waals surface area contributed by atoms with Gasteiger partial charge in [-0.2, -0.15) is 0 Å². The molecule has 3 heteroatoms. The van der Waals surface area contributed by atoms with Gasteiger partial charge < -0.3 is 14.4 Å². The standard InChI is InChI=1S/C11H21NO2/c1-11(14-3,6-8-13)10-5-4-7-12(2)9-10/h8,10H,4-7,9H2,1-3H3. The minimum atomic E-state index is -0.267. The van der Waals surface area contributed by atoms with Crippen LogP contribution in [0.3, 0.4) is 0 Å². The number of carbonyl (C=O) groups excluding carboxylic acids is 1. The fourth-order valence-electron chi connectivity index (χ4n) is 2.25. The maximum absolute atomic E-state index is 10.6. The number of likely N-dealkylation sites (tertiary alicyclic amines) is 1. The van der Waals surface area contributed by atoms with Gasteiger partial charge in [-0.3, -0.25) is 0 Å². The molecule has 0 bridgehead atoms. The second-order valence-corrected chi connectivity index (χ2v) is 4.49. The number of nitrogens with zero attached hydrogens (tertiary/aromatic N) is 1. The van der Waals surface area contributed by atoms with Gasteiger partial charge in [0.2, 0.25) is 0 Å². The highest BCUT2D eigenvalue weighted by Gasteiger charge is 2.35. The van der Waals surface area contributed by atoms with E-state index in [1.165, 1.54) is 12.8 Å². The van der Waals surface area contributed by atoms with Crippen molar-refractivity contribution in [3.05, 3.63) is 0 Å². The molecule has 1 rings (SSSR count). The molecule has 0 aromatic heterocycles. The van der Waals surface area contributed by atoms with E-state index in [4.69, 9.17) is 4.74 Å². The lowest BCUT2D eigenvalue weighted by Crippen LogP contribution is -2.46. The fourth-order valence-corrected chi connectivity index (χ4v) is 2.25. The lowest BCUT2D eigenvalue weighted by atomic mass is 9.81. The molecule has 0 aromatic carbocycles. The zero-order valence-corrected chi connectivity index (χ0v) is 9.45. The van der Waals surface area contributed by atoms with E-state index in [0.717, 1.165) is 19.4 Å². The fraction of sp³-hybridized carbons (Fsp3) is 0.909. The Hall–Kier alpha value is -0.410. The Morgan fingerprint density at radius 2 is 2.36 bits per heavy atom. The molecule has 0 spiro atoms. The monoisotopic (exact) mass is 199 g/mol. The average Bonchev–Trinajstić information content (AvgIpc) is 2.18. The van der Waals surface area contributed by atoms with Crippen LogP contribution in [-0.2, 0) is 9.53 Å². The zero-order chi connectivity index (χ0) is 10.6. The third kappa shape index (κ3) is 2.55. The number of carbonyl (C=O) groups is 1. The summed E-state index contributed by atoms with van der Waals surface area (Å²) in [4.78, 5) is 12.9. The molecule has 82 valence electrons. The number of hydrogen-bond acceptors (Lipinski definition) is 3. The van der Waals surface area contributed by atoms with Crippen molar-refractivity contribution in [2.24, 2.45) is 5.92 Å². The highest BCUT2D eigenvalue weighted by molar-refractivity contribution is 5.51. The van der Waals surface area contributed by atoms with Gasteiger partial charge >= 0.3 is 0 Å². The van der Waals surface area contributed by atoms with Crippen molar-refractivity contribution >= 4 is 6.29 Å². The molecular weight excluding hydrogens is 178 g/mol. The predicted molar refractivity (Wildman–Crippen MR) is 56.3 cm³/mol. The summed E-state index contributed by atoms with van der Waals surface area (Å²) < 4.78 is 5.51. The predicted octanol–water partition coefficient (Wildman–Crippen LogP) is 1.32. The summed E-state index contributed by atoms with van der Waals surface area (Å²) in [7, 11) is 3.83. The number of methoxy groups -OCH3 is 1. The smallest absolute Gasteiger partial charge is 0.122 e. The number of piperidine rings is 1. The molecule has 0 amide bonds. The van der Waals surface area contributed by atoms with Crippen LogP contribution in [0.1, 0.15) is 26.2 Å². The molecule has 0 aliphatic carbocycles. The first-order chi connectivity index (χ1) is 6.62. The molecule has 0 N–H and O–H groups in total. The largest absolute Gasteiger partial charge is 0.378 e. The molecule has 1 heterocycles. The van der Waals surface area contributed by atoms with Gasteiger partial charge in [-0.05, 0) is 33.4 Å². The Balaban J connectivity index is 2.62. The number of rotatable bonds is 4. The van der Waals surface area contributed by atoms with E-state index in [1.807, 2.05) is 6.92 Å². The molecule has 0 aromatic rings. The van der Waals surface area contributed by atoms with Crippen LogP contribution < -0.4 is 0 Å². The summed E-state index contributed by atoms with van der Waals surface area (Å²) in [6.07, 6.45) is 3.85. The lowest BCUT2D eigenvalue weighted by Gasteiger charge is -2.40. The average molecular weight is 199 g/mol. The highest BCUT2D eigenvalue weighted by atomic mass is 16.5. The first-order valence-corrected chi connectivity index (χ1v) is 5.29. The van der Waals surface area contributed by atoms with Crippen molar-refractivity contribution in [3.63, 3.8) is 0 Å². The van der Waals surface area contributed by atoms with Crippen LogP contribution in [0.15, 0.2) is 0 Å². The van der Waals surface area contributed by atoms with Crippen molar-refractivity contribution in [1.82, 2.24) is 4.90 Å². The van der Waals surface area contributed by atoms with Gasteiger partial charge in [-0.25, -0.2) is 0 Å². The Kier molecular flexibility index (Phi) is 4.08. The van der Waals surface area contributed by atoms with Crippen LogP contribution in [0.25, 0.3) is 0 Å². The van der Waals surface area contributed by atoms with Gasteiger partial charge in [0, 0.05) is 26.0 Å². The van der Waals surface area contributed by atoms with Gasteiger partial charge in [0.05, 0.1) is 5.60 Å². The lowest BCUT2D eigenvalue weighted by molar-refractivity contribution is -0.118. The summed E-state index contributed by atoms with van der Waals surface area (Å²) in [5.41, 5.74) is -0.267. The Morgan fingerprint density at radius 3 is 2.86 bits per heavy atom.